The highest BCUT2D eigenvalue weighted by Gasteiger charge is 2.10. The molecule has 10 heteroatoms. The second kappa shape index (κ2) is 18.9. The smallest absolute Gasteiger partial charge is 0.336 e. The largest absolute Gasteiger partial charge is 0.423 e. The molecule has 2 aromatic heterocycles. The minimum atomic E-state index is -0.424. The predicted molar refractivity (Wildman–Crippen MR) is 205 cm³/mol. The Kier molecular flexibility index (Phi) is 13.1. The molecular weight excluding hydrogens is 681 g/mol. The summed E-state index contributed by atoms with van der Waals surface area (Å²) in [6, 6.07) is 30.6. The molecule has 0 atom stereocenters. The Bertz CT molecular complexity index is 2010. The van der Waals surface area contributed by atoms with Crippen LogP contribution in [0.15, 0.2) is 147 Å². The van der Waals surface area contributed by atoms with Crippen molar-refractivity contribution in [2.24, 2.45) is 0 Å². The van der Waals surface area contributed by atoms with E-state index in [-0.39, 0.29) is 0 Å². The van der Waals surface area contributed by atoms with Gasteiger partial charge in [0.05, 0.1) is 26.4 Å². The van der Waals surface area contributed by atoms with Crippen LogP contribution in [0.5, 0.6) is 11.5 Å². The van der Waals surface area contributed by atoms with Gasteiger partial charge in [-0.05, 0) is 85.7 Å². The van der Waals surface area contributed by atoms with Gasteiger partial charge in [-0.3, -0.25) is 0 Å². The Hall–Kier alpha value is -6.36. The molecule has 274 valence electrons. The van der Waals surface area contributed by atoms with Crippen molar-refractivity contribution in [3.63, 3.8) is 0 Å². The van der Waals surface area contributed by atoms with Crippen LogP contribution in [0.2, 0.25) is 0 Å². The first kappa shape index (κ1) is 37.4. The van der Waals surface area contributed by atoms with Crippen LogP contribution in [-0.4, -0.2) is 47.5 Å². The third kappa shape index (κ3) is 11.6. The highest BCUT2D eigenvalue weighted by Crippen LogP contribution is 2.17. The molecule has 4 aromatic carbocycles. The zero-order valence-electron chi connectivity index (χ0n) is 30.5. The first-order chi connectivity index (χ1) is 26.4. The summed E-state index contributed by atoms with van der Waals surface area (Å²) in [6.45, 7) is 7.58. The number of benzene rings is 4. The number of aryl methyl sites for hydroxylation is 2. The van der Waals surface area contributed by atoms with Crippen LogP contribution >= 0.6 is 0 Å². The molecule has 0 aliphatic heterocycles. The number of aromatic nitrogens is 4. The summed E-state index contributed by atoms with van der Waals surface area (Å²) in [5.41, 5.74) is 6.12. The number of ether oxygens (including phenoxy) is 4. The fourth-order valence-electron chi connectivity index (χ4n) is 5.38. The number of rotatable bonds is 17. The number of carbonyl (C=O) groups is 2. The Labute approximate surface area is 315 Å². The van der Waals surface area contributed by atoms with E-state index in [2.05, 4.69) is 9.13 Å². The number of hydrogen-bond donors (Lipinski definition) is 0. The van der Waals surface area contributed by atoms with Crippen LogP contribution in [0.4, 0.5) is 0 Å². The summed E-state index contributed by atoms with van der Waals surface area (Å²) < 4.78 is 30.6. The molecule has 0 unspecified atom stereocenters. The van der Waals surface area contributed by atoms with Gasteiger partial charge in [0.25, 0.3) is 0 Å². The summed E-state index contributed by atoms with van der Waals surface area (Å²) in [5.74, 6) is 0.117. The SMILES string of the molecule is Cc1ccc(/C=C/C(=O)Oc2ccc(-n3cc[n+](CCOCCOCC[n+]4ccn(-c5ccc(OC(=O)/C=C/c6ccc(C)cc6)cc5)c4)c3)cc2)cc1. The molecule has 10 nitrogen and oxygen atoms in total. The molecule has 2 heterocycles. The molecule has 54 heavy (non-hydrogen) atoms. The minimum Gasteiger partial charge on any atom is -0.423 e. The van der Waals surface area contributed by atoms with E-state index in [4.69, 9.17) is 18.9 Å². The maximum Gasteiger partial charge on any atom is 0.336 e. The van der Waals surface area contributed by atoms with Crippen molar-refractivity contribution in [1.29, 1.82) is 0 Å². The van der Waals surface area contributed by atoms with Gasteiger partial charge in [-0.2, -0.15) is 0 Å². The molecule has 0 spiro atoms. The van der Waals surface area contributed by atoms with E-state index in [0.717, 1.165) is 22.5 Å². The predicted octanol–water partition coefficient (Wildman–Crippen LogP) is 6.43. The second-order valence-corrected chi connectivity index (χ2v) is 12.7. The van der Waals surface area contributed by atoms with Crippen molar-refractivity contribution in [3.8, 4) is 22.9 Å². The van der Waals surface area contributed by atoms with E-state index >= 15 is 0 Å². The first-order valence-electron chi connectivity index (χ1n) is 17.8. The van der Waals surface area contributed by atoms with Crippen molar-refractivity contribution in [2.45, 2.75) is 26.9 Å². The molecule has 6 rings (SSSR count). The number of hydrogen-bond acceptors (Lipinski definition) is 6. The van der Waals surface area contributed by atoms with Crippen LogP contribution in [0.3, 0.4) is 0 Å². The fourth-order valence-corrected chi connectivity index (χ4v) is 5.38. The Balaban J connectivity index is 0.835. The third-order valence-electron chi connectivity index (χ3n) is 8.43. The number of esters is 2. The summed E-state index contributed by atoms with van der Waals surface area (Å²) >= 11 is 0. The second-order valence-electron chi connectivity index (χ2n) is 12.7. The molecule has 0 bridgehead atoms. The molecule has 0 fully saturated rings. The van der Waals surface area contributed by atoms with Gasteiger partial charge in [-0.15, -0.1) is 0 Å². The van der Waals surface area contributed by atoms with Crippen molar-refractivity contribution in [1.82, 2.24) is 9.13 Å². The lowest BCUT2D eigenvalue weighted by Crippen LogP contribution is -2.34. The van der Waals surface area contributed by atoms with Gasteiger partial charge in [0.1, 0.15) is 60.8 Å². The summed E-state index contributed by atoms with van der Waals surface area (Å²) in [6.07, 6.45) is 18.2. The van der Waals surface area contributed by atoms with Crippen LogP contribution in [0.25, 0.3) is 23.5 Å². The molecule has 0 amide bonds. The molecule has 0 aliphatic rings. The van der Waals surface area contributed by atoms with Crippen molar-refractivity contribution < 1.29 is 37.7 Å². The molecule has 0 N–H and O–H groups in total. The first-order valence-corrected chi connectivity index (χ1v) is 17.8. The van der Waals surface area contributed by atoms with Gasteiger partial charge in [0, 0.05) is 12.2 Å². The fraction of sp³-hybridized carbons (Fsp3) is 0.182. The van der Waals surface area contributed by atoms with Gasteiger partial charge in [0.2, 0.25) is 12.7 Å². The lowest BCUT2D eigenvalue weighted by Gasteiger charge is -2.04. The molecule has 0 aliphatic carbocycles. The zero-order valence-corrected chi connectivity index (χ0v) is 30.5. The lowest BCUT2D eigenvalue weighted by molar-refractivity contribution is -0.698. The van der Waals surface area contributed by atoms with E-state index in [0.29, 0.717) is 51.0 Å². The number of carbonyl (C=O) groups excluding carboxylic acids is 2. The Morgan fingerprint density at radius 1 is 0.537 bits per heavy atom. The summed E-state index contributed by atoms with van der Waals surface area (Å²) in [7, 11) is 0. The standard InChI is InChI=1S/C44H44N4O6/c1-35-3-7-37(8-4-35)11-21-43(49)53-41-17-13-39(14-18-41)47-25-23-45(33-47)27-29-51-31-32-52-30-28-46-24-26-48(34-46)40-15-19-42(20-16-40)54-44(50)22-12-38-9-5-36(2)6-10-38/h3-26,33-34H,27-32H2,1-2H3/q+2/b21-11+,22-12+. The van der Waals surface area contributed by atoms with Crippen molar-refractivity contribution in [3.05, 3.63) is 169 Å². The van der Waals surface area contributed by atoms with E-state index < -0.39 is 11.9 Å². The summed E-state index contributed by atoms with van der Waals surface area (Å²) in [5, 5.41) is 0. The van der Waals surface area contributed by atoms with E-state index in [9.17, 15) is 9.59 Å². The Morgan fingerprint density at radius 2 is 0.926 bits per heavy atom. The third-order valence-corrected chi connectivity index (χ3v) is 8.43. The van der Waals surface area contributed by atoms with Crippen LogP contribution in [0.1, 0.15) is 22.3 Å². The topological polar surface area (TPSA) is 88.7 Å². The van der Waals surface area contributed by atoms with E-state index in [1.165, 1.54) is 23.3 Å². The summed E-state index contributed by atoms with van der Waals surface area (Å²) in [4.78, 5) is 24.5. The zero-order chi connectivity index (χ0) is 37.5. The normalized spacial score (nSPS) is 11.4. The highest BCUT2D eigenvalue weighted by atomic mass is 16.5. The van der Waals surface area contributed by atoms with Gasteiger partial charge >= 0.3 is 11.9 Å². The van der Waals surface area contributed by atoms with Gasteiger partial charge in [-0.1, -0.05) is 59.7 Å². The van der Waals surface area contributed by atoms with Crippen molar-refractivity contribution in [2.75, 3.05) is 26.4 Å². The Morgan fingerprint density at radius 3 is 1.31 bits per heavy atom. The average Bonchev–Trinajstić information content (AvgIpc) is 3.87. The van der Waals surface area contributed by atoms with Gasteiger partial charge in [0.15, 0.2) is 0 Å². The maximum atomic E-state index is 12.2. The van der Waals surface area contributed by atoms with Crippen LogP contribution < -0.4 is 18.6 Å². The molecule has 0 radical (unpaired) electrons. The minimum absolute atomic E-state index is 0.424. The molecule has 0 saturated heterocycles. The monoisotopic (exact) mass is 724 g/mol. The number of imidazole rings is 2. The average molecular weight is 725 g/mol. The quantitative estimate of drug-likeness (QED) is 0.0355. The maximum absolute atomic E-state index is 12.2. The van der Waals surface area contributed by atoms with Crippen LogP contribution in [0, 0.1) is 13.8 Å². The highest BCUT2D eigenvalue weighted by molar-refractivity contribution is 5.89. The van der Waals surface area contributed by atoms with Crippen LogP contribution in [-0.2, 0) is 32.2 Å². The van der Waals surface area contributed by atoms with E-state index in [1.807, 2.05) is 133 Å². The molecular formula is C44H44N4O6+2. The van der Waals surface area contributed by atoms with Crippen molar-refractivity contribution >= 4 is 24.1 Å². The molecule has 6 aromatic rings. The molecule has 0 saturated carbocycles. The van der Waals surface area contributed by atoms with Gasteiger partial charge in [-0.25, -0.2) is 27.9 Å². The van der Waals surface area contributed by atoms with Gasteiger partial charge < -0.3 is 18.9 Å². The lowest BCUT2D eigenvalue weighted by atomic mass is 10.1. The number of nitrogens with zero attached hydrogens (tertiary/aromatic N) is 4. The van der Waals surface area contributed by atoms with E-state index in [1.54, 1.807) is 36.4 Å².